The van der Waals surface area contributed by atoms with Crippen molar-refractivity contribution < 1.29 is 0 Å². The molecular weight excluding hydrogens is 308 g/mol. The van der Waals surface area contributed by atoms with E-state index in [1.165, 1.54) is 50.3 Å². The Morgan fingerprint density at radius 2 is 1.96 bits per heavy atom. The molecule has 2 aliphatic rings. The van der Waals surface area contributed by atoms with Crippen LogP contribution in [0.4, 0.5) is 0 Å². The molecule has 1 N–H and O–H groups in total. The summed E-state index contributed by atoms with van der Waals surface area (Å²) in [6.07, 6.45) is 4.91. The Balaban J connectivity index is 1.59. The Kier molecular flexibility index (Phi) is 4.20. The third kappa shape index (κ3) is 3.38. The van der Waals surface area contributed by atoms with Gasteiger partial charge in [-0.05, 0) is 43.5 Å². The molecule has 0 aliphatic carbocycles. The first-order valence-corrected chi connectivity index (χ1v) is 9.53. The predicted molar refractivity (Wildman–Crippen MR) is 102 cm³/mol. The monoisotopic (exact) mass is 338 g/mol. The highest BCUT2D eigenvalue weighted by Crippen LogP contribution is 2.37. The molecule has 3 heterocycles. The molecule has 1 aromatic heterocycles. The SMILES string of the molecule is CC(C)(C)c1nn(-c2ccccc2)cc1CN1CCC2(CCNC2)C1. The van der Waals surface area contributed by atoms with Crippen LogP contribution in [-0.4, -0.2) is 40.9 Å². The first-order valence-electron chi connectivity index (χ1n) is 9.53. The Labute approximate surface area is 151 Å². The van der Waals surface area contributed by atoms with E-state index in [0.29, 0.717) is 5.41 Å². The Bertz CT molecular complexity index is 720. The summed E-state index contributed by atoms with van der Waals surface area (Å²) in [5.41, 5.74) is 4.32. The molecule has 2 saturated heterocycles. The molecule has 2 aromatic rings. The van der Waals surface area contributed by atoms with Gasteiger partial charge in [0, 0.05) is 36.8 Å². The maximum atomic E-state index is 4.96. The quantitative estimate of drug-likeness (QED) is 0.932. The highest BCUT2D eigenvalue weighted by atomic mass is 15.3. The lowest BCUT2D eigenvalue weighted by atomic mass is 9.86. The van der Waals surface area contributed by atoms with Crippen LogP contribution in [0.15, 0.2) is 36.5 Å². The third-order valence-electron chi connectivity index (χ3n) is 5.76. The van der Waals surface area contributed by atoms with Crippen LogP contribution in [0.1, 0.15) is 44.9 Å². The third-order valence-corrected chi connectivity index (χ3v) is 5.76. The largest absolute Gasteiger partial charge is 0.316 e. The molecule has 2 aliphatic heterocycles. The van der Waals surface area contributed by atoms with Crippen LogP contribution in [0.5, 0.6) is 0 Å². The van der Waals surface area contributed by atoms with Crippen LogP contribution in [-0.2, 0) is 12.0 Å². The van der Waals surface area contributed by atoms with Crippen LogP contribution in [0, 0.1) is 5.41 Å². The molecule has 1 aromatic carbocycles. The van der Waals surface area contributed by atoms with Crippen molar-refractivity contribution in [1.82, 2.24) is 20.0 Å². The average Bonchev–Trinajstić information content (AvgIpc) is 3.30. The molecule has 0 radical (unpaired) electrons. The van der Waals surface area contributed by atoms with Crippen molar-refractivity contribution in [2.75, 3.05) is 26.2 Å². The first-order chi connectivity index (χ1) is 12.0. The number of rotatable bonds is 3. The van der Waals surface area contributed by atoms with Crippen LogP contribution >= 0.6 is 0 Å². The van der Waals surface area contributed by atoms with E-state index in [1.807, 2.05) is 0 Å². The van der Waals surface area contributed by atoms with E-state index < -0.39 is 0 Å². The van der Waals surface area contributed by atoms with Crippen molar-refractivity contribution in [3.8, 4) is 5.69 Å². The molecule has 4 nitrogen and oxygen atoms in total. The molecule has 0 bridgehead atoms. The Morgan fingerprint density at radius 1 is 1.16 bits per heavy atom. The second-order valence-corrected chi connectivity index (χ2v) is 8.92. The fraction of sp³-hybridized carbons (Fsp3) is 0.571. The molecule has 1 spiro atoms. The van der Waals surface area contributed by atoms with E-state index in [2.05, 4.69) is 72.2 Å². The maximum Gasteiger partial charge on any atom is 0.0727 e. The number of nitrogens with zero attached hydrogens (tertiary/aromatic N) is 3. The van der Waals surface area contributed by atoms with Crippen molar-refractivity contribution in [3.05, 3.63) is 47.8 Å². The number of aromatic nitrogens is 2. The lowest BCUT2D eigenvalue weighted by molar-refractivity contribution is 0.267. The van der Waals surface area contributed by atoms with Crippen LogP contribution in [0.3, 0.4) is 0 Å². The molecule has 2 fully saturated rings. The number of nitrogens with one attached hydrogen (secondary N) is 1. The minimum atomic E-state index is 0.0572. The predicted octanol–water partition coefficient (Wildman–Crippen LogP) is 3.36. The van der Waals surface area contributed by atoms with Gasteiger partial charge in [-0.25, -0.2) is 4.68 Å². The van der Waals surface area contributed by atoms with Crippen molar-refractivity contribution in [2.45, 2.75) is 45.6 Å². The number of hydrogen-bond acceptors (Lipinski definition) is 3. The Morgan fingerprint density at radius 3 is 2.64 bits per heavy atom. The van der Waals surface area contributed by atoms with E-state index in [0.717, 1.165) is 12.2 Å². The van der Waals surface area contributed by atoms with Gasteiger partial charge in [0.1, 0.15) is 0 Å². The molecule has 0 amide bonds. The molecule has 25 heavy (non-hydrogen) atoms. The van der Waals surface area contributed by atoms with Crippen molar-refractivity contribution in [3.63, 3.8) is 0 Å². The minimum Gasteiger partial charge on any atom is -0.316 e. The second-order valence-electron chi connectivity index (χ2n) is 8.92. The topological polar surface area (TPSA) is 33.1 Å². The van der Waals surface area contributed by atoms with E-state index in [-0.39, 0.29) is 5.41 Å². The van der Waals surface area contributed by atoms with E-state index in [9.17, 15) is 0 Å². The summed E-state index contributed by atoms with van der Waals surface area (Å²) in [5, 5.41) is 8.52. The second kappa shape index (κ2) is 6.26. The summed E-state index contributed by atoms with van der Waals surface area (Å²) in [7, 11) is 0. The maximum absolute atomic E-state index is 4.96. The van der Waals surface area contributed by atoms with Gasteiger partial charge in [-0.2, -0.15) is 5.10 Å². The highest BCUT2D eigenvalue weighted by Gasteiger charge is 2.40. The van der Waals surface area contributed by atoms with E-state index in [1.54, 1.807) is 0 Å². The average molecular weight is 338 g/mol. The number of benzene rings is 1. The fourth-order valence-electron chi connectivity index (χ4n) is 4.42. The first kappa shape index (κ1) is 16.8. The van der Waals surface area contributed by atoms with E-state index in [4.69, 9.17) is 5.10 Å². The summed E-state index contributed by atoms with van der Waals surface area (Å²) in [4.78, 5) is 2.63. The van der Waals surface area contributed by atoms with Crippen LogP contribution in [0.2, 0.25) is 0 Å². The highest BCUT2D eigenvalue weighted by molar-refractivity contribution is 5.34. The fourth-order valence-corrected chi connectivity index (χ4v) is 4.42. The van der Waals surface area contributed by atoms with E-state index >= 15 is 0 Å². The number of likely N-dealkylation sites (tertiary alicyclic amines) is 1. The van der Waals surface area contributed by atoms with Crippen LogP contribution in [0.25, 0.3) is 5.69 Å². The molecule has 4 heteroatoms. The van der Waals surface area contributed by atoms with Gasteiger partial charge >= 0.3 is 0 Å². The van der Waals surface area contributed by atoms with Gasteiger partial charge in [-0.15, -0.1) is 0 Å². The summed E-state index contributed by atoms with van der Waals surface area (Å²) in [5.74, 6) is 0. The van der Waals surface area contributed by atoms with Crippen molar-refractivity contribution in [1.29, 1.82) is 0 Å². The van der Waals surface area contributed by atoms with Gasteiger partial charge in [-0.3, -0.25) is 4.90 Å². The zero-order valence-electron chi connectivity index (χ0n) is 15.8. The normalized spacial score (nSPS) is 24.4. The summed E-state index contributed by atoms with van der Waals surface area (Å²) in [6.45, 7) is 12.6. The lowest BCUT2D eigenvalue weighted by Crippen LogP contribution is -2.29. The zero-order chi connectivity index (χ0) is 17.5. The minimum absolute atomic E-state index is 0.0572. The summed E-state index contributed by atoms with van der Waals surface area (Å²) < 4.78 is 2.05. The number of para-hydroxylation sites is 1. The molecule has 134 valence electrons. The zero-order valence-corrected chi connectivity index (χ0v) is 15.8. The van der Waals surface area contributed by atoms with Gasteiger partial charge < -0.3 is 5.32 Å². The van der Waals surface area contributed by atoms with Gasteiger partial charge in [-0.1, -0.05) is 39.0 Å². The van der Waals surface area contributed by atoms with Crippen molar-refractivity contribution >= 4 is 0 Å². The molecule has 4 rings (SSSR count). The standard InChI is InChI=1S/C21H30N4/c1-20(2,3)19-17(14-25(23-19)18-7-5-4-6-8-18)13-24-12-10-21(16-24)9-11-22-15-21/h4-8,14,22H,9-13,15-16H2,1-3H3. The van der Waals surface area contributed by atoms with Crippen LogP contribution < -0.4 is 5.32 Å². The Hall–Kier alpha value is -1.65. The molecule has 0 saturated carbocycles. The van der Waals surface area contributed by atoms with Gasteiger partial charge in [0.25, 0.3) is 0 Å². The molecule has 1 unspecified atom stereocenters. The van der Waals surface area contributed by atoms with Gasteiger partial charge in [0.15, 0.2) is 0 Å². The summed E-state index contributed by atoms with van der Waals surface area (Å²) in [6, 6.07) is 10.4. The number of hydrogen-bond donors (Lipinski definition) is 1. The lowest BCUT2D eigenvalue weighted by Gasteiger charge is -2.24. The van der Waals surface area contributed by atoms with Crippen molar-refractivity contribution in [2.24, 2.45) is 5.41 Å². The van der Waals surface area contributed by atoms with Gasteiger partial charge in [0.2, 0.25) is 0 Å². The smallest absolute Gasteiger partial charge is 0.0727 e. The molecule has 1 atom stereocenters. The summed E-state index contributed by atoms with van der Waals surface area (Å²) >= 11 is 0. The van der Waals surface area contributed by atoms with Gasteiger partial charge in [0.05, 0.1) is 11.4 Å². The molecular formula is C21H30N4.